The average molecular weight is 396 g/mol. The highest BCUT2D eigenvalue weighted by molar-refractivity contribution is 7.17. The maximum absolute atomic E-state index is 12.3. The lowest BCUT2D eigenvalue weighted by atomic mass is 9.69. The average Bonchev–Trinajstić information content (AvgIpc) is 2.97. The highest BCUT2D eigenvalue weighted by atomic mass is 32.1. The van der Waals surface area contributed by atoms with Gasteiger partial charge in [0.15, 0.2) is 0 Å². The fraction of sp³-hybridized carbons (Fsp3) is 0.650. The first-order chi connectivity index (χ1) is 12.7. The van der Waals surface area contributed by atoms with Crippen molar-refractivity contribution in [3.8, 4) is 0 Å². The van der Waals surface area contributed by atoms with E-state index in [0.717, 1.165) is 36.1 Å². The minimum atomic E-state index is -0.922. The molecule has 0 saturated carbocycles. The van der Waals surface area contributed by atoms with Crippen LogP contribution in [-0.4, -0.2) is 30.1 Å². The molecular weight excluding hydrogens is 366 g/mol. The van der Waals surface area contributed by atoms with Crippen molar-refractivity contribution in [3.63, 3.8) is 0 Å². The lowest BCUT2D eigenvalue weighted by Crippen LogP contribution is -2.28. The summed E-state index contributed by atoms with van der Waals surface area (Å²) in [7, 11) is 1.34. The second-order valence-electron chi connectivity index (χ2n) is 7.78. The van der Waals surface area contributed by atoms with Gasteiger partial charge in [-0.3, -0.25) is 9.59 Å². The predicted octanol–water partition coefficient (Wildman–Crippen LogP) is 4.27. The number of fused-ring (bicyclic) bond motifs is 1. The number of carboxylic acids is 1. The Morgan fingerprint density at radius 3 is 2.59 bits per heavy atom. The second-order valence-corrected chi connectivity index (χ2v) is 8.88. The molecule has 1 atom stereocenters. The molecule has 150 valence electrons. The molecule has 1 aliphatic carbocycles. The van der Waals surface area contributed by atoms with Crippen LogP contribution in [0.5, 0.6) is 0 Å². The number of rotatable bonds is 8. The van der Waals surface area contributed by atoms with Crippen LogP contribution >= 0.6 is 11.3 Å². The number of esters is 1. The molecule has 1 heterocycles. The lowest BCUT2D eigenvalue weighted by molar-refractivity contribution is -0.137. The quantitative estimate of drug-likeness (QED) is 0.641. The molecule has 0 fully saturated rings. The predicted molar refractivity (Wildman–Crippen MR) is 105 cm³/mol. The monoisotopic (exact) mass is 395 g/mol. The zero-order valence-electron chi connectivity index (χ0n) is 16.5. The van der Waals surface area contributed by atoms with E-state index < -0.39 is 11.9 Å². The van der Waals surface area contributed by atoms with E-state index in [0.29, 0.717) is 16.5 Å². The Morgan fingerprint density at radius 2 is 2.00 bits per heavy atom. The summed E-state index contributed by atoms with van der Waals surface area (Å²) in [4.78, 5) is 36.3. The van der Waals surface area contributed by atoms with Crippen molar-refractivity contribution in [1.82, 2.24) is 0 Å². The Bertz CT molecular complexity index is 722. The van der Waals surface area contributed by atoms with Gasteiger partial charge in [-0.2, -0.15) is 0 Å². The van der Waals surface area contributed by atoms with Gasteiger partial charge in [0.05, 0.1) is 12.7 Å². The van der Waals surface area contributed by atoms with Gasteiger partial charge in [0.25, 0.3) is 0 Å². The molecule has 1 unspecified atom stereocenters. The molecule has 0 spiro atoms. The zero-order chi connectivity index (χ0) is 20.2. The van der Waals surface area contributed by atoms with Gasteiger partial charge < -0.3 is 15.2 Å². The molecule has 6 nitrogen and oxygen atoms in total. The van der Waals surface area contributed by atoms with Gasteiger partial charge in [0, 0.05) is 17.7 Å². The van der Waals surface area contributed by atoms with E-state index in [1.165, 1.54) is 18.4 Å². The van der Waals surface area contributed by atoms with Crippen molar-refractivity contribution in [2.24, 2.45) is 11.3 Å². The van der Waals surface area contributed by atoms with Crippen molar-refractivity contribution in [3.05, 3.63) is 16.0 Å². The Labute approximate surface area is 164 Å². The highest BCUT2D eigenvalue weighted by Gasteiger charge is 2.35. The molecule has 7 heteroatoms. The van der Waals surface area contributed by atoms with Crippen LogP contribution in [0, 0.1) is 11.3 Å². The van der Waals surface area contributed by atoms with E-state index >= 15 is 0 Å². The number of methoxy groups -OCH3 is 1. The summed E-state index contributed by atoms with van der Waals surface area (Å²) in [5, 5.41) is 12.0. The molecular formula is C20H29NO5S. The third kappa shape index (κ3) is 5.09. The molecule has 0 bridgehead atoms. The van der Waals surface area contributed by atoms with E-state index in [1.807, 2.05) is 0 Å². The molecule has 27 heavy (non-hydrogen) atoms. The van der Waals surface area contributed by atoms with Crippen LogP contribution in [-0.2, 0) is 27.2 Å². The lowest BCUT2D eigenvalue weighted by Gasteiger charge is -2.36. The molecule has 0 aromatic carbocycles. The number of nitrogens with one attached hydrogen (secondary N) is 1. The largest absolute Gasteiger partial charge is 0.481 e. The van der Waals surface area contributed by atoms with Gasteiger partial charge in [-0.15, -0.1) is 11.3 Å². The number of carbonyl (C=O) groups is 3. The normalized spacial score (nSPS) is 16.5. The first kappa shape index (κ1) is 21.4. The van der Waals surface area contributed by atoms with Crippen LogP contribution < -0.4 is 5.32 Å². The zero-order valence-corrected chi connectivity index (χ0v) is 17.3. The van der Waals surface area contributed by atoms with E-state index in [4.69, 9.17) is 9.84 Å². The Hall–Kier alpha value is -1.89. The Morgan fingerprint density at radius 1 is 1.30 bits per heavy atom. The van der Waals surface area contributed by atoms with E-state index in [-0.39, 0.29) is 30.6 Å². The van der Waals surface area contributed by atoms with Crippen LogP contribution in [0.4, 0.5) is 5.00 Å². The molecule has 2 N–H and O–H groups in total. The van der Waals surface area contributed by atoms with E-state index in [1.54, 1.807) is 0 Å². The van der Waals surface area contributed by atoms with Crippen LogP contribution in [0.15, 0.2) is 0 Å². The first-order valence-electron chi connectivity index (χ1n) is 9.44. The summed E-state index contributed by atoms with van der Waals surface area (Å²) in [5.74, 6) is -1.08. The van der Waals surface area contributed by atoms with Crippen molar-refractivity contribution in [2.45, 2.75) is 65.7 Å². The fourth-order valence-corrected chi connectivity index (χ4v) is 4.87. The fourth-order valence-electron chi connectivity index (χ4n) is 3.54. The van der Waals surface area contributed by atoms with Gasteiger partial charge in [-0.25, -0.2) is 4.79 Å². The van der Waals surface area contributed by atoms with Crippen molar-refractivity contribution >= 4 is 34.2 Å². The van der Waals surface area contributed by atoms with Gasteiger partial charge in [-0.05, 0) is 42.6 Å². The summed E-state index contributed by atoms with van der Waals surface area (Å²) in [6.45, 7) is 6.76. The molecule has 0 aliphatic heterocycles. The molecule has 1 aromatic rings. The highest BCUT2D eigenvalue weighted by Crippen LogP contribution is 2.45. The van der Waals surface area contributed by atoms with Crippen molar-refractivity contribution in [1.29, 1.82) is 0 Å². The standard InChI is InChI=1S/C20H29NO5S/c1-5-20(2,3)12-9-10-13-14(11-12)27-18(17(13)19(25)26-4)21-15(22)7-6-8-16(23)24/h12H,5-11H2,1-4H3,(H,21,22)(H,23,24). The summed E-state index contributed by atoms with van der Waals surface area (Å²) in [5.41, 5.74) is 1.69. The number of hydrogen-bond donors (Lipinski definition) is 2. The number of ether oxygens (including phenoxy) is 1. The van der Waals surface area contributed by atoms with Gasteiger partial charge in [0.2, 0.25) is 5.91 Å². The minimum absolute atomic E-state index is 0.0496. The van der Waals surface area contributed by atoms with Gasteiger partial charge in [0.1, 0.15) is 5.00 Å². The van der Waals surface area contributed by atoms with Gasteiger partial charge in [-0.1, -0.05) is 27.2 Å². The maximum Gasteiger partial charge on any atom is 0.341 e. The number of hydrogen-bond acceptors (Lipinski definition) is 5. The minimum Gasteiger partial charge on any atom is -0.481 e. The number of amides is 1. The van der Waals surface area contributed by atoms with Gasteiger partial charge >= 0.3 is 11.9 Å². The maximum atomic E-state index is 12.3. The second kappa shape index (κ2) is 8.87. The topological polar surface area (TPSA) is 92.7 Å². The van der Waals surface area contributed by atoms with Crippen LogP contribution in [0.25, 0.3) is 0 Å². The number of carbonyl (C=O) groups excluding carboxylic acids is 2. The summed E-state index contributed by atoms with van der Waals surface area (Å²) < 4.78 is 4.95. The van der Waals surface area contributed by atoms with Crippen molar-refractivity contribution in [2.75, 3.05) is 12.4 Å². The molecule has 1 aliphatic rings. The molecule has 1 amide bonds. The summed E-state index contributed by atoms with van der Waals surface area (Å²) in [6.07, 6.45) is 4.15. The van der Waals surface area contributed by atoms with E-state index in [2.05, 4.69) is 26.1 Å². The third-order valence-electron chi connectivity index (χ3n) is 5.72. The van der Waals surface area contributed by atoms with Crippen LogP contribution in [0.3, 0.4) is 0 Å². The van der Waals surface area contributed by atoms with Crippen molar-refractivity contribution < 1.29 is 24.2 Å². The SMILES string of the molecule is CCC(C)(C)C1CCc2c(sc(NC(=O)CCCC(=O)O)c2C(=O)OC)C1. The molecule has 0 radical (unpaired) electrons. The first-order valence-corrected chi connectivity index (χ1v) is 10.3. The third-order valence-corrected chi connectivity index (χ3v) is 6.89. The number of aliphatic carboxylic acids is 1. The number of anilines is 1. The van der Waals surface area contributed by atoms with Crippen LogP contribution in [0.2, 0.25) is 0 Å². The van der Waals surface area contributed by atoms with E-state index in [9.17, 15) is 14.4 Å². The number of thiophene rings is 1. The van der Waals surface area contributed by atoms with Crippen LogP contribution in [0.1, 0.15) is 73.7 Å². The molecule has 1 aromatic heterocycles. The summed E-state index contributed by atoms with van der Waals surface area (Å²) >= 11 is 1.45. The Balaban J connectivity index is 2.22. The Kier molecular flexibility index (Phi) is 7.03. The molecule has 2 rings (SSSR count). The summed E-state index contributed by atoms with van der Waals surface area (Å²) in [6, 6.07) is 0. The smallest absolute Gasteiger partial charge is 0.341 e. The number of carboxylic acid groups (broad SMARTS) is 1. The molecule has 0 saturated heterocycles.